The van der Waals surface area contributed by atoms with Gasteiger partial charge < -0.3 is 20.1 Å². The van der Waals surface area contributed by atoms with E-state index in [9.17, 15) is 19.2 Å². The number of hydrogen-bond acceptors (Lipinski definition) is 8. The number of carbonyl (C=O) groups is 4. The van der Waals surface area contributed by atoms with Crippen molar-refractivity contribution >= 4 is 40.7 Å². The van der Waals surface area contributed by atoms with Crippen LogP contribution in [-0.2, 0) is 28.7 Å². The molecule has 5 bridgehead atoms. The first-order chi connectivity index (χ1) is 19.9. The van der Waals surface area contributed by atoms with E-state index in [4.69, 9.17) is 14.5 Å². The fourth-order valence-corrected chi connectivity index (χ4v) is 5.11. The van der Waals surface area contributed by atoms with E-state index in [1.807, 2.05) is 37.3 Å². The van der Waals surface area contributed by atoms with Gasteiger partial charge >= 0.3 is 5.97 Å². The van der Waals surface area contributed by atoms with Crippen molar-refractivity contribution < 1.29 is 28.7 Å². The van der Waals surface area contributed by atoms with Crippen LogP contribution >= 0.6 is 0 Å². The first-order valence-corrected chi connectivity index (χ1v) is 14.4. The highest BCUT2D eigenvalue weighted by Gasteiger charge is 2.38. The van der Waals surface area contributed by atoms with E-state index < -0.39 is 41.4 Å². The number of nitrogens with zero attached hydrogens (tertiary/aromatic N) is 2. The molecular weight excluding hydrogens is 538 g/mol. The minimum Gasteiger partial charge on any atom is -0.451 e. The molecule has 2 aliphatic heterocycles. The highest BCUT2D eigenvalue weighted by atomic mass is 16.6. The zero-order valence-corrected chi connectivity index (χ0v) is 25.1. The number of fused-ring (bicyclic) bond motifs is 4. The molecule has 3 heterocycles. The van der Waals surface area contributed by atoms with E-state index in [2.05, 4.69) is 16.1 Å². The molecule has 11 heteroatoms. The summed E-state index contributed by atoms with van der Waals surface area (Å²) in [5.41, 5.74) is 4.05. The number of hydrogen-bond donors (Lipinski definition) is 3. The van der Waals surface area contributed by atoms with Gasteiger partial charge in [-0.1, -0.05) is 44.2 Å². The first-order valence-electron chi connectivity index (χ1n) is 14.4. The molecule has 0 radical (unpaired) electrons. The number of ether oxygens (including phenoxy) is 2. The fraction of sp³-hybridized carbons (Fsp3) is 0.516. The van der Waals surface area contributed by atoms with Crippen molar-refractivity contribution in [3.05, 3.63) is 47.7 Å². The van der Waals surface area contributed by atoms with Crippen LogP contribution in [0.15, 0.2) is 36.4 Å². The molecule has 226 valence electrons. The normalized spacial score (nSPS) is 28.0. The molecule has 1 saturated heterocycles. The molecule has 1 aromatic heterocycles. The van der Waals surface area contributed by atoms with Crippen LogP contribution < -0.4 is 16.1 Å². The van der Waals surface area contributed by atoms with Gasteiger partial charge in [0.1, 0.15) is 17.5 Å². The van der Waals surface area contributed by atoms with E-state index in [0.29, 0.717) is 25.1 Å². The number of rotatable bonds is 3. The number of carbonyl (C=O) groups excluding carboxylic acids is 4. The van der Waals surface area contributed by atoms with Gasteiger partial charge in [0.25, 0.3) is 11.8 Å². The Labute approximate surface area is 246 Å². The van der Waals surface area contributed by atoms with Crippen LogP contribution in [0.5, 0.6) is 0 Å². The van der Waals surface area contributed by atoms with Crippen molar-refractivity contribution in [1.29, 1.82) is 0 Å². The molecule has 1 fully saturated rings. The molecule has 4 rings (SSSR count). The average Bonchev–Trinajstić information content (AvgIpc) is 2.97. The van der Waals surface area contributed by atoms with Gasteiger partial charge in [0, 0.05) is 19.0 Å². The minimum atomic E-state index is -1.20. The average molecular weight is 580 g/mol. The lowest BCUT2D eigenvalue weighted by Crippen LogP contribution is -2.61. The number of methoxy groups -OCH3 is 1. The predicted octanol–water partition coefficient (Wildman–Crippen LogP) is 2.66. The number of pyridine rings is 1. The van der Waals surface area contributed by atoms with Gasteiger partial charge in [-0.3, -0.25) is 29.2 Å². The summed E-state index contributed by atoms with van der Waals surface area (Å²) in [6, 6.07) is 7.67. The smallest absolute Gasteiger partial charge is 0.318 e. The summed E-state index contributed by atoms with van der Waals surface area (Å²) in [5, 5.41) is 8.01. The van der Waals surface area contributed by atoms with Gasteiger partial charge in [-0.05, 0) is 57.2 Å². The number of esters is 1. The molecule has 5 atom stereocenters. The second-order valence-corrected chi connectivity index (χ2v) is 11.7. The maximum Gasteiger partial charge on any atom is 0.318 e. The highest BCUT2D eigenvalue weighted by Crippen LogP contribution is 2.26. The predicted molar refractivity (Wildman–Crippen MR) is 158 cm³/mol. The van der Waals surface area contributed by atoms with Crippen LogP contribution in [0.2, 0.25) is 0 Å². The Morgan fingerprint density at radius 1 is 1.07 bits per heavy atom. The van der Waals surface area contributed by atoms with Gasteiger partial charge in [-0.15, -0.1) is 0 Å². The number of cyclic esters (lactones) is 1. The second-order valence-electron chi connectivity index (χ2n) is 11.7. The van der Waals surface area contributed by atoms with Crippen LogP contribution in [0.3, 0.4) is 0 Å². The third-order valence-corrected chi connectivity index (χ3v) is 7.69. The van der Waals surface area contributed by atoms with Gasteiger partial charge in [0.15, 0.2) is 6.10 Å². The third-order valence-electron chi connectivity index (χ3n) is 7.69. The first kappa shape index (κ1) is 31.1. The molecule has 5 unspecified atom stereocenters. The topological polar surface area (TPSA) is 139 Å². The monoisotopic (exact) mass is 579 g/mol. The fourth-order valence-electron chi connectivity index (χ4n) is 5.11. The number of hydrazine groups is 1. The molecule has 2 aliphatic rings. The van der Waals surface area contributed by atoms with Gasteiger partial charge in [-0.2, -0.15) is 0 Å². The molecular formula is C31H41N5O6. The van der Waals surface area contributed by atoms with Gasteiger partial charge in [0.2, 0.25) is 5.91 Å². The van der Waals surface area contributed by atoms with Gasteiger partial charge in [0.05, 0.1) is 23.9 Å². The van der Waals surface area contributed by atoms with Crippen molar-refractivity contribution in [3.63, 3.8) is 0 Å². The Morgan fingerprint density at radius 2 is 1.79 bits per heavy atom. The third kappa shape index (κ3) is 6.96. The number of benzene rings is 1. The zero-order valence-electron chi connectivity index (χ0n) is 25.1. The van der Waals surface area contributed by atoms with Crippen LogP contribution in [0, 0.1) is 11.3 Å². The van der Waals surface area contributed by atoms with Gasteiger partial charge in [-0.25, -0.2) is 5.43 Å². The van der Waals surface area contributed by atoms with E-state index in [1.54, 1.807) is 39.8 Å². The molecule has 1 aromatic carbocycles. The second kappa shape index (κ2) is 13.0. The van der Waals surface area contributed by atoms with E-state index in [1.165, 1.54) is 12.1 Å². The Morgan fingerprint density at radius 3 is 2.50 bits per heavy atom. The summed E-state index contributed by atoms with van der Waals surface area (Å²) in [6.45, 7) is 9.06. The molecule has 3 N–H and O–H groups in total. The van der Waals surface area contributed by atoms with Crippen molar-refractivity contribution in [2.45, 2.75) is 71.7 Å². The van der Waals surface area contributed by atoms with Crippen molar-refractivity contribution in [3.8, 4) is 0 Å². The Kier molecular flexibility index (Phi) is 9.63. The summed E-state index contributed by atoms with van der Waals surface area (Å²) in [4.78, 5) is 58.0. The summed E-state index contributed by atoms with van der Waals surface area (Å²) in [6.07, 6.45) is 3.53. The SMILES string of the molecule is COCC1(C)C=Cc2ccc3ccc(nc3c2)C(C)NC(=O)C2CCCN(N2)C(=O)C(C)NC(=O)C(C(C)C)OC1=O. The molecule has 2 aromatic rings. The van der Waals surface area contributed by atoms with E-state index >= 15 is 0 Å². The summed E-state index contributed by atoms with van der Waals surface area (Å²) < 4.78 is 11.1. The summed E-state index contributed by atoms with van der Waals surface area (Å²) >= 11 is 0. The van der Waals surface area contributed by atoms with E-state index in [-0.39, 0.29) is 24.5 Å². The van der Waals surface area contributed by atoms with Crippen LogP contribution in [0.25, 0.3) is 17.0 Å². The van der Waals surface area contributed by atoms with Crippen LogP contribution in [-0.4, -0.2) is 72.1 Å². The Hall–Kier alpha value is -3.83. The minimum absolute atomic E-state index is 0.0264. The van der Waals surface area contributed by atoms with Crippen LogP contribution in [0.4, 0.5) is 0 Å². The number of aromatic nitrogens is 1. The molecule has 0 aliphatic carbocycles. The highest BCUT2D eigenvalue weighted by molar-refractivity contribution is 5.91. The molecule has 3 amide bonds. The molecule has 0 spiro atoms. The molecule has 0 saturated carbocycles. The van der Waals surface area contributed by atoms with Crippen molar-refractivity contribution in [1.82, 2.24) is 26.1 Å². The summed E-state index contributed by atoms with van der Waals surface area (Å²) in [5.74, 6) is -2.21. The lowest BCUT2D eigenvalue weighted by Gasteiger charge is -2.35. The Balaban J connectivity index is 1.74. The molecule has 11 nitrogen and oxygen atoms in total. The Bertz CT molecular complexity index is 1380. The van der Waals surface area contributed by atoms with E-state index in [0.717, 1.165) is 16.5 Å². The maximum absolute atomic E-state index is 13.5. The lowest BCUT2D eigenvalue weighted by atomic mass is 9.90. The van der Waals surface area contributed by atoms with Crippen LogP contribution in [0.1, 0.15) is 64.8 Å². The number of amides is 3. The largest absolute Gasteiger partial charge is 0.451 e. The summed E-state index contributed by atoms with van der Waals surface area (Å²) in [7, 11) is 1.49. The van der Waals surface area contributed by atoms with Crippen molar-refractivity contribution in [2.24, 2.45) is 11.3 Å². The lowest BCUT2D eigenvalue weighted by molar-refractivity contribution is -0.168. The standard InChI is InChI=1S/C31H41N5O6/c1-18(2)26-28(38)33-20(4)29(39)36-15-7-8-24(35-36)27(37)32-19(3)23-12-11-22-10-9-21(16-25(22)34-23)13-14-31(5,17-41-6)30(40)42-26/h9-14,16,18-20,24,26,35H,7-8,15,17H2,1-6H3,(H,32,37)(H,33,38). The quantitative estimate of drug-likeness (QED) is 0.472. The number of nitrogens with one attached hydrogen (secondary N) is 3. The van der Waals surface area contributed by atoms with Crippen molar-refractivity contribution in [2.75, 3.05) is 20.3 Å². The zero-order chi connectivity index (χ0) is 30.6. The maximum atomic E-state index is 13.5. The molecule has 42 heavy (non-hydrogen) atoms.